The SMILES string of the molecule is CC1CCC(c2ccc(-c3ccc(C4CCC(CCCCF)CC4)cc3)cc2)CC1. The first-order chi connectivity index (χ1) is 14.7. The minimum absolute atomic E-state index is 0.149. The lowest BCUT2D eigenvalue weighted by Crippen LogP contribution is -2.13. The van der Waals surface area contributed by atoms with Crippen molar-refractivity contribution in [2.24, 2.45) is 11.8 Å². The minimum atomic E-state index is -0.149. The van der Waals surface area contributed by atoms with Crippen molar-refractivity contribution in [2.75, 3.05) is 6.67 Å². The van der Waals surface area contributed by atoms with E-state index in [0.717, 1.165) is 30.6 Å². The van der Waals surface area contributed by atoms with Crippen LogP contribution in [-0.2, 0) is 0 Å². The van der Waals surface area contributed by atoms with Crippen LogP contribution in [0, 0.1) is 11.8 Å². The molecule has 0 heterocycles. The van der Waals surface area contributed by atoms with E-state index < -0.39 is 0 Å². The Morgan fingerprint density at radius 3 is 1.57 bits per heavy atom. The molecule has 2 aliphatic carbocycles. The molecule has 162 valence electrons. The highest BCUT2D eigenvalue weighted by Crippen LogP contribution is 2.39. The lowest BCUT2D eigenvalue weighted by molar-refractivity contribution is 0.298. The van der Waals surface area contributed by atoms with E-state index in [0.29, 0.717) is 5.92 Å². The van der Waals surface area contributed by atoms with Crippen LogP contribution in [0.1, 0.15) is 101 Å². The second-order valence-electron chi connectivity index (χ2n) is 10.1. The van der Waals surface area contributed by atoms with Crippen LogP contribution in [0.2, 0.25) is 0 Å². The molecule has 0 nitrogen and oxygen atoms in total. The maximum absolute atomic E-state index is 12.3. The fraction of sp³-hybridized carbons (Fsp3) is 0.586. The van der Waals surface area contributed by atoms with Gasteiger partial charge in [-0.05, 0) is 90.9 Å². The van der Waals surface area contributed by atoms with Crippen LogP contribution >= 0.6 is 0 Å². The van der Waals surface area contributed by atoms with E-state index in [1.165, 1.54) is 80.0 Å². The molecule has 0 aliphatic heterocycles. The van der Waals surface area contributed by atoms with Gasteiger partial charge >= 0.3 is 0 Å². The van der Waals surface area contributed by atoms with Crippen LogP contribution in [0.3, 0.4) is 0 Å². The highest BCUT2D eigenvalue weighted by atomic mass is 19.1. The lowest BCUT2D eigenvalue weighted by Gasteiger charge is -2.29. The van der Waals surface area contributed by atoms with Gasteiger partial charge in [-0.25, -0.2) is 0 Å². The zero-order chi connectivity index (χ0) is 20.8. The van der Waals surface area contributed by atoms with Gasteiger partial charge in [-0.1, -0.05) is 81.1 Å². The Morgan fingerprint density at radius 1 is 0.633 bits per heavy atom. The fourth-order valence-electron chi connectivity index (χ4n) is 5.80. The van der Waals surface area contributed by atoms with Gasteiger partial charge in [0.05, 0.1) is 6.67 Å². The fourth-order valence-corrected chi connectivity index (χ4v) is 5.80. The van der Waals surface area contributed by atoms with Crippen molar-refractivity contribution in [1.29, 1.82) is 0 Å². The molecule has 2 saturated carbocycles. The van der Waals surface area contributed by atoms with Gasteiger partial charge in [-0.2, -0.15) is 0 Å². The molecule has 4 rings (SSSR count). The van der Waals surface area contributed by atoms with Gasteiger partial charge in [0.25, 0.3) is 0 Å². The minimum Gasteiger partial charge on any atom is -0.251 e. The van der Waals surface area contributed by atoms with Crippen molar-refractivity contribution < 1.29 is 4.39 Å². The summed E-state index contributed by atoms with van der Waals surface area (Å²) in [6.07, 6.45) is 13.8. The van der Waals surface area contributed by atoms with E-state index in [2.05, 4.69) is 55.5 Å². The van der Waals surface area contributed by atoms with Crippen LogP contribution < -0.4 is 0 Å². The molecular weight excluding hydrogens is 367 g/mol. The van der Waals surface area contributed by atoms with Crippen LogP contribution in [0.4, 0.5) is 4.39 Å². The molecule has 0 bridgehead atoms. The van der Waals surface area contributed by atoms with E-state index in [1.807, 2.05) is 0 Å². The third-order valence-corrected chi connectivity index (χ3v) is 7.96. The smallest absolute Gasteiger partial charge is 0.0894 e. The van der Waals surface area contributed by atoms with Gasteiger partial charge in [0.1, 0.15) is 0 Å². The molecule has 2 aromatic carbocycles. The van der Waals surface area contributed by atoms with Gasteiger partial charge in [0, 0.05) is 0 Å². The monoisotopic (exact) mass is 406 g/mol. The van der Waals surface area contributed by atoms with E-state index in [1.54, 1.807) is 0 Å². The van der Waals surface area contributed by atoms with E-state index in [4.69, 9.17) is 0 Å². The molecule has 0 atom stereocenters. The summed E-state index contributed by atoms with van der Waals surface area (Å²) >= 11 is 0. The molecule has 2 aliphatic rings. The first-order valence-electron chi connectivity index (χ1n) is 12.5. The molecule has 1 heteroatoms. The molecule has 2 fully saturated rings. The number of hydrogen-bond acceptors (Lipinski definition) is 0. The summed E-state index contributed by atoms with van der Waals surface area (Å²) in [5, 5.41) is 0. The van der Waals surface area contributed by atoms with E-state index in [-0.39, 0.29) is 6.67 Å². The van der Waals surface area contributed by atoms with Gasteiger partial charge in [-0.15, -0.1) is 0 Å². The third kappa shape index (κ3) is 5.54. The van der Waals surface area contributed by atoms with Gasteiger partial charge in [0.2, 0.25) is 0 Å². The van der Waals surface area contributed by atoms with Crippen molar-refractivity contribution >= 4 is 0 Å². The third-order valence-electron chi connectivity index (χ3n) is 7.96. The highest BCUT2D eigenvalue weighted by Gasteiger charge is 2.22. The molecular formula is C29H39F. The maximum Gasteiger partial charge on any atom is 0.0894 e. The number of unbranched alkanes of at least 4 members (excludes halogenated alkanes) is 1. The molecule has 30 heavy (non-hydrogen) atoms. The van der Waals surface area contributed by atoms with E-state index >= 15 is 0 Å². The molecule has 0 saturated heterocycles. The zero-order valence-corrected chi connectivity index (χ0v) is 18.8. The van der Waals surface area contributed by atoms with Crippen molar-refractivity contribution in [1.82, 2.24) is 0 Å². The first-order valence-corrected chi connectivity index (χ1v) is 12.5. The van der Waals surface area contributed by atoms with Crippen LogP contribution in [-0.4, -0.2) is 6.67 Å². The quantitative estimate of drug-likeness (QED) is 0.402. The molecule has 0 unspecified atom stereocenters. The van der Waals surface area contributed by atoms with Gasteiger partial charge in [0.15, 0.2) is 0 Å². The number of benzene rings is 2. The van der Waals surface area contributed by atoms with Crippen LogP contribution in [0.25, 0.3) is 11.1 Å². The average molecular weight is 407 g/mol. The average Bonchev–Trinajstić information content (AvgIpc) is 2.81. The van der Waals surface area contributed by atoms with Crippen LogP contribution in [0.15, 0.2) is 48.5 Å². The summed E-state index contributed by atoms with van der Waals surface area (Å²) in [7, 11) is 0. The summed E-state index contributed by atoms with van der Waals surface area (Å²) in [6, 6.07) is 18.7. The van der Waals surface area contributed by atoms with Crippen molar-refractivity contribution in [3.05, 3.63) is 59.7 Å². The summed E-state index contributed by atoms with van der Waals surface area (Å²) in [5.74, 6) is 3.23. The standard InChI is InChI=1S/C29H39F/c1-22-5-9-24(10-6-22)26-13-17-28(18-14-26)29-19-15-27(16-20-29)25-11-7-23(8-12-25)4-2-3-21-30/h13-20,22-25H,2-12,21H2,1H3. The summed E-state index contributed by atoms with van der Waals surface area (Å²) < 4.78 is 12.3. The second kappa shape index (κ2) is 10.6. The topological polar surface area (TPSA) is 0 Å². The maximum atomic E-state index is 12.3. The molecule has 0 N–H and O–H groups in total. The molecule has 0 radical (unpaired) electrons. The molecule has 2 aromatic rings. The van der Waals surface area contributed by atoms with Crippen molar-refractivity contribution in [3.63, 3.8) is 0 Å². The Hall–Kier alpha value is -1.63. The Morgan fingerprint density at radius 2 is 1.10 bits per heavy atom. The highest BCUT2D eigenvalue weighted by molar-refractivity contribution is 5.64. The normalized spacial score (nSPS) is 27.1. The van der Waals surface area contributed by atoms with Crippen LogP contribution in [0.5, 0.6) is 0 Å². The molecule has 0 aromatic heterocycles. The predicted octanol–water partition coefficient (Wildman–Crippen LogP) is 9.06. The Labute approximate surface area is 183 Å². The number of alkyl halides is 1. The Balaban J connectivity index is 1.31. The Bertz CT molecular complexity index is 744. The number of halogens is 1. The number of rotatable bonds is 7. The predicted molar refractivity (Wildman–Crippen MR) is 127 cm³/mol. The molecule has 0 spiro atoms. The number of hydrogen-bond donors (Lipinski definition) is 0. The lowest BCUT2D eigenvalue weighted by atomic mass is 9.77. The first kappa shape index (κ1) is 21.6. The van der Waals surface area contributed by atoms with Crippen molar-refractivity contribution in [2.45, 2.75) is 89.4 Å². The molecule has 0 amide bonds. The Kier molecular flexibility index (Phi) is 7.63. The largest absolute Gasteiger partial charge is 0.251 e. The summed E-state index contributed by atoms with van der Waals surface area (Å²) in [4.78, 5) is 0. The second-order valence-corrected chi connectivity index (χ2v) is 10.1. The van der Waals surface area contributed by atoms with Crippen molar-refractivity contribution in [3.8, 4) is 11.1 Å². The van der Waals surface area contributed by atoms with E-state index in [9.17, 15) is 4.39 Å². The van der Waals surface area contributed by atoms with Gasteiger partial charge in [-0.3, -0.25) is 4.39 Å². The zero-order valence-electron chi connectivity index (χ0n) is 18.8. The van der Waals surface area contributed by atoms with Gasteiger partial charge < -0.3 is 0 Å². The summed E-state index contributed by atoms with van der Waals surface area (Å²) in [6.45, 7) is 2.24. The summed E-state index contributed by atoms with van der Waals surface area (Å²) in [5.41, 5.74) is 5.72.